The summed E-state index contributed by atoms with van der Waals surface area (Å²) >= 11 is 0. The fourth-order valence-electron chi connectivity index (χ4n) is 9.48. The maximum Gasteiger partial charge on any atom is 0.143 e. The standard InChI is InChI=1S/C50H26O2/c1-2-7-32-26-43-40(24-31(32)6-1)48-36(34-19-16-30-15-14-27-8-3-9-28-17-20-35(34)45(30)44(27)28)22-23-38(50(48)52-43)39-25-33-11-5-13-42-47(33)49-37(39)21-18-29-10-4-12-41(51-42)46(29)49/h1-26H. The fourth-order valence-corrected chi connectivity index (χ4v) is 9.48. The van der Waals surface area contributed by atoms with E-state index >= 15 is 0 Å². The Kier molecular flexibility index (Phi) is 4.89. The molecule has 11 aromatic carbocycles. The molecule has 0 N–H and O–H groups in total. The minimum atomic E-state index is 0.898. The first-order valence-corrected chi connectivity index (χ1v) is 17.9. The van der Waals surface area contributed by atoms with E-state index in [9.17, 15) is 0 Å². The summed E-state index contributed by atoms with van der Waals surface area (Å²) in [5.74, 6) is 1.82. The monoisotopic (exact) mass is 658 g/mol. The molecular formula is C50H26O2. The molecule has 1 aromatic heterocycles. The number of fused-ring (bicyclic) bond motifs is 4. The van der Waals surface area contributed by atoms with Crippen LogP contribution in [-0.2, 0) is 0 Å². The third-order valence-corrected chi connectivity index (χ3v) is 11.7. The summed E-state index contributed by atoms with van der Waals surface area (Å²) in [7, 11) is 0. The van der Waals surface area contributed by atoms with Gasteiger partial charge in [-0.15, -0.1) is 0 Å². The van der Waals surface area contributed by atoms with E-state index in [2.05, 4.69) is 158 Å². The van der Waals surface area contributed by atoms with Crippen LogP contribution in [0.25, 0.3) is 120 Å². The molecule has 0 unspecified atom stereocenters. The number of rotatable bonds is 2. The second kappa shape index (κ2) is 9.45. The molecule has 2 heterocycles. The molecule has 0 spiro atoms. The number of benzene rings is 11. The lowest BCUT2D eigenvalue weighted by molar-refractivity contribution is 0.493. The SMILES string of the molecule is c1ccc2cc3c(cc2c1)oc1c(-c2cc4cccc5c4c4c2ccc2cccc(c24)O5)ccc(-c2ccc4ccc5cccc6ccc2c4c56)c13. The van der Waals surface area contributed by atoms with Crippen LogP contribution >= 0.6 is 0 Å². The Morgan fingerprint density at radius 1 is 0.288 bits per heavy atom. The Balaban J connectivity index is 1.19. The number of hydrogen-bond donors (Lipinski definition) is 0. The number of ether oxygens (including phenoxy) is 1. The van der Waals surface area contributed by atoms with Crippen LogP contribution in [0.4, 0.5) is 0 Å². The number of furan rings is 1. The maximum absolute atomic E-state index is 7.09. The van der Waals surface area contributed by atoms with Crippen molar-refractivity contribution in [3.63, 3.8) is 0 Å². The zero-order chi connectivity index (χ0) is 33.7. The largest absolute Gasteiger partial charge is 0.456 e. The predicted molar refractivity (Wildman–Crippen MR) is 218 cm³/mol. The third-order valence-electron chi connectivity index (χ3n) is 11.7. The summed E-state index contributed by atoms with van der Waals surface area (Å²) in [5.41, 5.74) is 6.46. The first-order valence-electron chi connectivity index (χ1n) is 17.9. The number of hydrogen-bond acceptors (Lipinski definition) is 2. The molecule has 0 amide bonds. The quantitative estimate of drug-likeness (QED) is 0.173. The molecule has 13 rings (SSSR count). The van der Waals surface area contributed by atoms with Crippen molar-refractivity contribution in [3.05, 3.63) is 158 Å². The molecular weight excluding hydrogens is 633 g/mol. The van der Waals surface area contributed by atoms with Crippen LogP contribution in [0.5, 0.6) is 11.5 Å². The van der Waals surface area contributed by atoms with Crippen molar-refractivity contribution < 1.29 is 9.15 Å². The summed E-state index contributed by atoms with van der Waals surface area (Å²) in [5, 5.41) is 19.5. The smallest absolute Gasteiger partial charge is 0.143 e. The van der Waals surface area contributed by atoms with E-state index < -0.39 is 0 Å². The van der Waals surface area contributed by atoms with E-state index in [-0.39, 0.29) is 0 Å². The molecule has 1 aliphatic heterocycles. The van der Waals surface area contributed by atoms with Gasteiger partial charge in [-0.3, -0.25) is 0 Å². The van der Waals surface area contributed by atoms with Crippen LogP contribution in [0.2, 0.25) is 0 Å². The predicted octanol–water partition coefficient (Wildman–Crippen LogP) is 14.5. The van der Waals surface area contributed by atoms with Gasteiger partial charge in [0.1, 0.15) is 22.7 Å². The van der Waals surface area contributed by atoms with Gasteiger partial charge in [0, 0.05) is 32.5 Å². The van der Waals surface area contributed by atoms with Crippen molar-refractivity contribution in [3.8, 4) is 33.8 Å². The first-order chi connectivity index (χ1) is 25.8. The minimum absolute atomic E-state index is 0.898. The van der Waals surface area contributed by atoms with E-state index in [1.54, 1.807) is 0 Å². The minimum Gasteiger partial charge on any atom is -0.456 e. The molecule has 0 saturated heterocycles. The topological polar surface area (TPSA) is 22.4 Å². The van der Waals surface area contributed by atoms with Crippen molar-refractivity contribution in [2.75, 3.05) is 0 Å². The van der Waals surface area contributed by atoms with E-state index in [1.807, 2.05) is 0 Å². The van der Waals surface area contributed by atoms with E-state index in [0.29, 0.717) is 0 Å². The molecule has 12 aromatic rings. The first kappa shape index (κ1) is 26.9. The molecule has 2 heteroatoms. The Labute approximate surface area is 297 Å². The highest BCUT2D eigenvalue weighted by Crippen LogP contribution is 2.52. The van der Waals surface area contributed by atoms with Gasteiger partial charge in [0.25, 0.3) is 0 Å². The molecule has 2 nitrogen and oxygen atoms in total. The second-order valence-corrected chi connectivity index (χ2v) is 14.4. The molecule has 0 radical (unpaired) electrons. The Morgan fingerprint density at radius 3 is 1.63 bits per heavy atom. The van der Waals surface area contributed by atoms with Crippen LogP contribution < -0.4 is 4.74 Å². The van der Waals surface area contributed by atoms with Crippen LogP contribution in [0.1, 0.15) is 0 Å². The zero-order valence-electron chi connectivity index (χ0n) is 27.8. The molecule has 238 valence electrons. The van der Waals surface area contributed by atoms with E-state index in [4.69, 9.17) is 9.15 Å². The van der Waals surface area contributed by atoms with Gasteiger partial charge in [0.2, 0.25) is 0 Å². The van der Waals surface area contributed by atoms with Gasteiger partial charge < -0.3 is 9.15 Å². The summed E-state index contributed by atoms with van der Waals surface area (Å²) in [4.78, 5) is 0. The maximum atomic E-state index is 7.09. The highest BCUT2D eigenvalue weighted by atomic mass is 16.5. The summed E-state index contributed by atoms with van der Waals surface area (Å²) in [6.45, 7) is 0. The van der Waals surface area contributed by atoms with Crippen LogP contribution in [-0.4, -0.2) is 0 Å². The molecule has 0 bridgehead atoms. The molecule has 0 atom stereocenters. The van der Waals surface area contributed by atoms with Crippen molar-refractivity contribution in [2.24, 2.45) is 0 Å². The van der Waals surface area contributed by atoms with Gasteiger partial charge >= 0.3 is 0 Å². The lowest BCUT2D eigenvalue weighted by Gasteiger charge is -2.22. The van der Waals surface area contributed by atoms with Crippen LogP contribution in [0.15, 0.2) is 162 Å². The Hall–Kier alpha value is -6.90. The van der Waals surface area contributed by atoms with Gasteiger partial charge in [-0.2, -0.15) is 0 Å². The van der Waals surface area contributed by atoms with Crippen LogP contribution in [0.3, 0.4) is 0 Å². The molecule has 1 aliphatic rings. The molecule has 52 heavy (non-hydrogen) atoms. The fraction of sp³-hybridized carbons (Fsp3) is 0. The van der Waals surface area contributed by atoms with E-state index in [0.717, 1.165) is 50.0 Å². The lowest BCUT2D eigenvalue weighted by Crippen LogP contribution is -1.96. The van der Waals surface area contributed by atoms with Gasteiger partial charge in [0.15, 0.2) is 0 Å². The Bertz CT molecular complexity index is 3510. The van der Waals surface area contributed by atoms with Crippen molar-refractivity contribution >= 4 is 97.3 Å². The highest BCUT2D eigenvalue weighted by molar-refractivity contribution is 6.31. The lowest BCUT2D eigenvalue weighted by atomic mass is 9.86. The normalized spacial score (nSPS) is 12.8. The van der Waals surface area contributed by atoms with Crippen LogP contribution in [0, 0.1) is 0 Å². The average Bonchev–Trinajstić information content (AvgIpc) is 3.57. The summed E-state index contributed by atoms with van der Waals surface area (Å²) in [6, 6.07) is 57.6. The van der Waals surface area contributed by atoms with E-state index in [1.165, 1.54) is 81.1 Å². The summed E-state index contributed by atoms with van der Waals surface area (Å²) in [6.07, 6.45) is 0. The molecule has 0 saturated carbocycles. The highest BCUT2D eigenvalue weighted by Gasteiger charge is 2.25. The summed E-state index contributed by atoms with van der Waals surface area (Å²) < 4.78 is 13.6. The van der Waals surface area contributed by atoms with Gasteiger partial charge in [-0.25, -0.2) is 0 Å². The van der Waals surface area contributed by atoms with Crippen molar-refractivity contribution in [1.29, 1.82) is 0 Å². The van der Waals surface area contributed by atoms with Gasteiger partial charge in [0.05, 0.1) is 0 Å². The van der Waals surface area contributed by atoms with Gasteiger partial charge in [-0.1, -0.05) is 121 Å². The second-order valence-electron chi connectivity index (χ2n) is 14.4. The van der Waals surface area contributed by atoms with Crippen molar-refractivity contribution in [2.45, 2.75) is 0 Å². The Morgan fingerprint density at radius 2 is 0.846 bits per heavy atom. The van der Waals surface area contributed by atoms with Crippen molar-refractivity contribution in [1.82, 2.24) is 0 Å². The average molecular weight is 659 g/mol. The zero-order valence-corrected chi connectivity index (χ0v) is 27.8. The molecule has 0 fully saturated rings. The third kappa shape index (κ3) is 3.35. The molecule has 0 aliphatic carbocycles. The van der Waals surface area contributed by atoms with Gasteiger partial charge in [-0.05, 0) is 112 Å².